The van der Waals surface area contributed by atoms with E-state index in [2.05, 4.69) is 10.3 Å². The summed E-state index contributed by atoms with van der Waals surface area (Å²) in [6, 6.07) is 9.95. The lowest BCUT2D eigenvalue weighted by Crippen LogP contribution is -2.22. The average molecular weight is 377 g/mol. The molecular weight excluding hydrogens is 354 g/mol. The molecule has 7 nitrogen and oxygen atoms in total. The van der Waals surface area contributed by atoms with Gasteiger partial charge in [0.05, 0.1) is 17.1 Å². The molecule has 0 radical (unpaired) electrons. The van der Waals surface area contributed by atoms with E-state index in [0.717, 1.165) is 5.56 Å². The van der Waals surface area contributed by atoms with E-state index in [4.69, 9.17) is 4.74 Å². The van der Waals surface area contributed by atoms with Crippen molar-refractivity contribution in [2.45, 2.75) is 24.8 Å². The number of nitrogens with one attached hydrogen (secondary N) is 1. The zero-order valence-electron chi connectivity index (χ0n) is 15.3. The summed E-state index contributed by atoms with van der Waals surface area (Å²) >= 11 is 0. The molecule has 0 aliphatic carbocycles. The Balaban J connectivity index is 2.08. The summed E-state index contributed by atoms with van der Waals surface area (Å²) in [4.78, 5) is 16.1. The smallest absolute Gasteiger partial charge is 0.339 e. The molecule has 1 heterocycles. The highest BCUT2D eigenvalue weighted by atomic mass is 32.2. The van der Waals surface area contributed by atoms with Crippen LogP contribution in [-0.2, 0) is 14.8 Å². The number of esters is 1. The fourth-order valence-electron chi connectivity index (χ4n) is 2.26. The van der Waals surface area contributed by atoms with Crippen molar-refractivity contribution in [3.05, 3.63) is 53.7 Å². The van der Waals surface area contributed by atoms with Crippen LogP contribution in [0, 0.1) is 0 Å². The second-order valence-corrected chi connectivity index (χ2v) is 8.03. The Bertz CT molecular complexity index is 847. The Morgan fingerprint density at radius 1 is 1.19 bits per heavy atom. The summed E-state index contributed by atoms with van der Waals surface area (Å²) in [6.07, 6.45) is 1.46. The fraction of sp³-hybridized carbons (Fsp3) is 0.333. The van der Waals surface area contributed by atoms with Crippen molar-refractivity contribution in [3.8, 4) is 0 Å². The molecule has 0 aliphatic heterocycles. The van der Waals surface area contributed by atoms with E-state index in [1.165, 1.54) is 24.6 Å². The number of nitrogens with zero attached hydrogens (tertiary/aromatic N) is 2. The van der Waals surface area contributed by atoms with E-state index in [9.17, 15) is 13.2 Å². The Labute approximate surface area is 154 Å². The molecule has 1 aromatic carbocycles. The van der Waals surface area contributed by atoms with Crippen molar-refractivity contribution in [3.63, 3.8) is 0 Å². The molecule has 1 aromatic heterocycles. The fourth-order valence-corrected chi connectivity index (χ4v) is 3.16. The summed E-state index contributed by atoms with van der Waals surface area (Å²) in [5, 5.41) is 3.21. The maximum atomic E-state index is 12.1. The van der Waals surface area contributed by atoms with E-state index in [1.807, 2.05) is 6.92 Å². The molecule has 0 aliphatic rings. The number of ether oxygens (including phenoxy) is 1. The van der Waals surface area contributed by atoms with Crippen LogP contribution in [0.15, 0.2) is 47.5 Å². The van der Waals surface area contributed by atoms with Gasteiger partial charge in [0, 0.05) is 26.3 Å². The Kier molecular flexibility index (Phi) is 6.33. The first-order valence-electron chi connectivity index (χ1n) is 8.18. The van der Waals surface area contributed by atoms with Gasteiger partial charge in [0.25, 0.3) is 0 Å². The summed E-state index contributed by atoms with van der Waals surface area (Å²) < 4.78 is 30.3. The molecule has 26 heavy (non-hydrogen) atoms. The molecule has 140 valence electrons. The van der Waals surface area contributed by atoms with Gasteiger partial charge in [0.15, 0.2) is 0 Å². The van der Waals surface area contributed by atoms with Gasteiger partial charge < -0.3 is 10.1 Å². The molecule has 0 fully saturated rings. The first kappa shape index (κ1) is 19.9. The highest BCUT2D eigenvalue weighted by molar-refractivity contribution is 7.89. The number of carbonyl (C=O) groups excluding carboxylic acids is 1. The largest absolute Gasteiger partial charge is 0.462 e. The van der Waals surface area contributed by atoms with Crippen LogP contribution in [0.5, 0.6) is 0 Å². The zero-order chi connectivity index (χ0) is 19.3. The highest BCUT2D eigenvalue weighted by Gasteiger charge is 2.17. The van der Waals surface area contributed by atoms with Gasteiger partial charge in [-0.15, -0.1) is 0 Å². The van der Waals surface area contributed by atoms with E-state index >= 15 is 0 Å². The normalized spacial score (nSPS) is 12.7. The lowest BCUT2D eigenvalue weighted by Gasteiger charge is -2.16. The third-order valence-electron chi connectivity index (χ3n) is 3.80. The van der Waals surface area contributed by atoms with E-state index in [1.54, 1.807) is 43.3 Å². The second-order valence-electron chi connectivity index (χ2n) is 5.88. The molecule has 0 saturated heterocycles. The van der Waals surface area contributed by atoms with Gasteiger partial charge in [-0.05, 0) is 43.7 Å². The number of sulfonamides is 1. The van der Waals surface area contributed by atoms with Gasteiger partial charge in [0.2, 0.25) is 10.0 Å². The van der Waals surface area contributed by atoms with Crippen molar-refractivity contribution in [2.24, 2.45) is 0 Å². The van der Waals surface area contributed by atoms with Crippen LogP contribution in [0.1, 0.15) is 35.8 Å². The number of carbonyl (C=O) groups is 1. The Morgan fingerprint density at radius 3 is 2.35 bits per heavy atom. The summed E-state index contributed by atoms with van der Waals surface area (Å²) in [6.45, 7) is 4.00. The SMILES string of the molecule is CCOC(=O)c1ccc(N[C@@H](C)c2ccc(S(=O)(=O)N(C)C)cc2)nc1. The van der Waals surface area contributed by atoms with E-state index < -0.39 is 16.0 Å². The van der Waals surface area contributed by atoms with Crippen molar-refractivity contribution in [1.82, 2.24) is 9.29 Å². The predicted molar refractivity (Wildman–Crippen MR) is 99.5 cm³/mol. The first-order valence-corrected chi connectivity index (χ1v) is 9.62. The number of benzene rings is 1. The number of pyridine rings is 1. The third-order valence-corrected chi connectivity index (χ3v) is 5.63. The lowest BCUT2D eigenvalue weighted by molar-refractivity contribution is 0.0526. The molecule has 2 aromatic rings. The quantitative estimate of drug-likeness (QED) is 0.747. The molecule has 1 atom stereocenters. The van der Waals surface area contributed by atoms with Gasteiger partial charge in [0.1, 0.15) is 5.82 Å². The summed E-state index contributed by atoms with van der Waals surface area (Å²) in [7, 11) is -0.441. The predicted octanol–water partition coefficient (Wildman–Crippen LogP) is 2.68. The number of anilines is 1. The van der Waals surface area contributed by atoms with Gasteiger partial charge in [-0.3, -0.25) is 0 Å². The first-order chi connectivity index (χ1) is 12.3. The topological polar surface area (TPSA) is 88.6 Å². The summed E-state index contributed by atoms with van der Waals surface area (Å²) in [5.41, 5.74) is 1.31. The van der Waals surface area contributed by atoms with Crippen LogP contribution < -0.4 is 5.32 Å². The van der Waals surface area contributed by atoms with Gasteiger partial charge in [-0.1, -0.05) is 12.1 Å². The van der Waals surface area contributed by atoms with Gasteiger partial charge in [-0.25, -0.2) is 22.5 Å². The minimum absolute atomic E-state index is 0.0907. The Hall–Kier alpha value is -2.45. The molecule has 8 heteroatoms. The maximum Gasteiger partial charge on any atom is 0.339 e. The lowest BCUT2D eigenvalue weighted by atomic mass is 10.1. The zero-order valence-corrected chi connectivity index (χ0v) is 16.1. The molecule has 0 spiro atoms. The maximum absolute atomic E-state index is 12.1. The summed E-state index contributed by atoms with van der Waals surface area (Å²) in [5.74, 6) is 0.202. The molecule has 0 unspecified atom stereocenters. The van der Waals surface area contributed by atoms with Crippen LogP contribution in [0.25, 0.3) is 0 Å². The average Bonchev–Trinajstić information content (AvgIpc) is 2.62. The molecule has 0 saturated carbocycles. The number of hydrogen-bond acceptors (Lipinski definition) is 6. The van der Waals surface area contributed by atoms with Gasteiger partial charge >= 0.3 is 5.97 Å². The van der Waals surface area contributed by atoms with Crippen LogP contribution in [-0.4, -0.2) is 44.4 Å². The highest BCUT2D eigenvalue weighted by Crippen LogP contribution is 2.21. The molecule has 0 bridgehead atoms. The molecule has 0 amide bonds. The number of rotatable bonds is 7. The van der Waals surface area contributed by atoms with Crippen LogP contribution in [0.3, 0.4) is 0 Å². The third kappa shape index (κ3) is 4.59. The van der Waals surface area contributed by atoms with Crippen molar-refractivity contribution in [1.29, 1.82) is 0 Å². The van der Waals surface area contributed by atoms with E-state index in [0.29, 0.717) is 18.0 Å². The number of aromatic nitrogens is 1. The van der Waals surface area contributed by atoms with E-state index in [-0.39, 0.29) is 10.9 Å². The van der Waals surface area contributed by atoms with Crippen LogP contribution in [0.4, 0.5) is 5.82 Å². The van der Waals surface area contributed by atoms with Crippen molar-refractivity contribution >= 4 is 21.8 Å². The minimum atomic E-state index is -3.44. The monoisotopic (exact) mass is 377 g/mol. The van der Waals surface area contributed by atoms with Crippen LogP contribution in [0.2, 0.25) is 0 Å². The molecular formula is C18H23N3O4S. The van der Waals surface area contributed by atoms with Crippen molar-refractivity contribution in [2.75, 3.05) is 26.0 Å². The van der Waals surface area contributed by atoms with Crippen molar-refractivity contribution < 1.29 is 17.9 Å². The Morgan fingerprint density at radius 2 is 1.85 bits per heavy atom. The number of hydrogen-bond donors (Lipinski definition) is 1. The van der Waals surface area contributed by atoms with Crippen LogP contribution >= 0.6 is 0 Å². The standard InChI is InChI=1S/C18H23N3O4S/c1-5-25-18(22)15-8-11-17(19-12-15)20-13(2)14-6-9-16(10-7-14)26(23,24)21(3)4/h6-13H,5H2,1-4H3,(H,19,20)/t13-/m0/s1. The minimum Gasteiger partial charge on any atom is -0.462 e. The van der Waals surface area contributed by atoms with Gasteiger partial charge in [-0.2, -0.15) is 0 Å². The second kappa shape index (κ2) is 8.29. The molecule has 2 rings (SSSR count). The molecule has 1 N–H and O–H groups in total.